The first-order chi connectivity index (χ1) is 9.97. The molecule has 0 bridgehead atoms. The van der Waals surface area contributed by atoms with Gasteiger partial charge >= 0.3 is 0 Å². The van der Waals surface area contributed by atoms with Gasteiger partial charge in [0.05, 0.1) is 0 Å². The Labute approximate surface area is 127 Å². The van der Waals surface area contributed by atoms with Gasteiger partial charge in [-0.05, 0) is 30.7 Å². The zero-order valence-corrected chi connectivity index (χ0v) is 12.2. The maximum absolute atomic E-state index is 11.9. The van der Waals surface area contributed by atoms with E-state index in [1.807, 2.05) is 6.07 Å². The highest BCUT2D eigenvalue weighted by Gasteiger charge is 2.14. The average molecular weight is 304 g/mol. The minimum Gasteiger partial charge on any atom is -0.506 e. The highest BCUT2D eigenvalue weighted by molar-refractivity contribution is 6.30. The van der Waals surface area contributed by atoms with Gasteiger partial charge in [-0.15, -0.1) is 0 Å². The van der Waals surface area contributed by atoms with Crippen LogP contribution in [0.2, 0.25) is 5.02 Å². The van der Waals surface area contributed by atoms with Gasteiger partial charge < -0.3 is 9.90 Å². The number of aromatic nitrogens is 1. The lowest BCUT2D eigenvalue weighted by molar-refractivity contribution is -0.116. The van der Waals surface area contributed by atoms with Crippen LogP contribution in [0.3, 0.4) is 0 Å². The molecule has 1 aromatic carbocycles. The summed E-state index contributed by atoms with van der Waals surface area (Å²) in [6, 6.07) is 8.59. The molecule has 1 aromatic heterocycles. The second-order valence-electron chi connectivity index (χ2n) is 4.73. The van der Waals surface area contributed by atoms with E-state index in [2.05, 4.69) is 4.98 Å². The normalized spacial score (nSPS) is 10.4. The van der Waals surface area contributed by atoms with Crippen molar-refractivity contribution in [2.45, 2.75) is 19.8 Å². The fraction of sp³-hybridized carbons (Fsp3) is 0.188. The predicted octanol–water partition coefficient (Wildman–Crippen LogP) is 3.66. The SMILES string of the molecule is CC(=O)CCC(=O)c1ncc(-c2cccc(Cl)c2)cc1O. The molecule has 5 heteroatoms. The fourth-order valence-corrected chi connectivity index (χ4v) is 2.09. The molecule has 108 valence electrons. The summed E-state index contributed by atoms with van der Waals surface area (Å²) in [6.45, 7) is 1.42. The van der Waals surface area contributed by atoms with Gasteiger partial charge in [0.2, 0.25) is 0 Å². The Kier molecular flexibility index (Phi) is 4.70. The van der Waals surface area contributed by atoms with Crippen LogP contribution in [0.25, 0.3) is 11.1 Å². The van der Waals surface area contributed by atoms with E-state index in [9.17, 15) is 14.7 Å². The molecule has 0 saturated heterocycles. The van der Waals surface area contributed by atoms with Crippen molar-refractivity contribution in [3.8, 4) is 16.9 Å². The van der Waals surface area contributed by atoms with Crippen molar-refractivity contribution >= 4 is 23.2 Å². The maximum atomic E-state index is 11.9. The number of ketones is 2. The standard InChI is InChI=1S/C16H14ClNO3/c1-10(19)5-6-14(20)16-15(21)8-12(9-18-16)11-3-2-4-13(17)7-11/h2-4,7-9,21H,5-6H2,1H3. The van der Waals surface area contributed by atoms with Crippen LogP contribution in [-0.2, 0) is 4.79 Å². The molecule has 0 aliphatic rings. The van der Waals surface area contributed by atoms with Crippen molar-refractivity contribution < 1.29 is 14.7 Å². The van der Waals surface area contributed by atoms with Gasteiger partial charge in [-0.2, -0.15) is 0 Å². The van der Waals surface area contributed by atoms with E-state index in [-0.39, 0.29) is 35.9 Å². The number of hydrogen-bond acceptors (Lipinski definition) is 4. The number of nitrogens with zero attached hydrogens (tertiary/aromatic N) is 1. The summed E-state index contributed by atoms with van der Waals surface area (Å²) in [5.41, 5.74) is 1.45. The van der Waals surface area contributed by atoms with Crippen LogP contribution in [0.4, 0.5) is 0 Å². The third-order valence-corrected chi connectivity index (χ3v) is 3.23. The smallest absolute Gasteiger partial charge is 0.185 e. The zero-order chi connectivity index (χ0) is 15.4. The molecule has 21 heavy (non-hydrogen) atoms. The van der Waals surface area contributed by atoms with Gasteiger partial charge in [0.1, 0.15) is 17.2 Å². The van der Waals surface area contributed by atoms with Crippen LogP contribution in [-0.4, -0.2) is 21.7 Å². The van der Waals surface area contributed by atoms with E-state index in [4.69, 9.17) is 11.6 Å². The number of halogens is 1. The van der Waals surface area contributed by atoms with E-state index in [0.29, 0.717) is 10.6 Å². The molecule has 2 aromatic rings. The lowest BCUT2D eigenvalue weighted by Gasteiger charge is -2.06. The number of carbonyl (C=O) groups excluding carboxylic acids is 2. The van der Waals surface area contributed by atoms with Crippen molar-refractivity contribution in [1.29, 1.82) is 0 Å². The molecule has 0 radical (unpaired) electrons. The van der Waals surface area contributed by atoms with E-state index >= 15 is 0 Å². The Morgan fingerprint density at radius 1 is 1.19 bits per heavy atom. The first-order valence-corrected chi connectivity index (χ1v) is 6.83. The first-order valence-electron chi connectivity index (χ1n) is 6.45. The maximum Gasteiger partial charge on any atom is 0.185 e. The van der Waals surface area contributed by atoms with Gasteiger partial charge in [-0.1, -0.05) is 23.7 Å². The molecule has 0 amide bonds. The van der Waals surface area contributed by atoms with Gasteiger partial charge in [-0.3, -0.25) is 4.79 Å². The van der Waals surface area contributed by atoms with Crippen molar-refractivity contribution in [2.24, 2.45) is 0 Å². The van der Waals surface area contributed by atoms with Crippen LogP contribution in [0, 0.1) is 0 Å². The molecule has 0 spiro atoms. The number of rotatable bonds is 5. The largest absolute Gasteiger partial charge is 0.506 e. The van der Waals surface area contributed by atoms with Crippen LogP contribution in [0.1, 0.15) is 30.3 Å². The van der Waals surface area contributed by atoms with E-state index in [1.165, 1.54) is 19.2 Å². The molecule has 2 rings (SSSR count). The highest BCUT2D eigenvalue weighted by atomic mass is 35.5. The van der Waals surface area contributed by atoms with E-state index < -0.39 is 0 Å². The van der Waals surface area contributed by atoms with Crippen molar-refractivity contribution in [1.82, 2.24) is 4.98 Å². The molecule has 0 aliphatic heterocycles. The number of benzene rings is 1. The average Bonchev–Trinajstić information content (AvgIpc) is 2.44. The molecule has 0 fully saturated rings. The molecule has 1 N–H and O–H groups in total. The lowest BCUT2D eigenvalue weighted by Crippen LogP contribution is -2.05. The number of aromatic hydroxyl groups is 1. The zero-order valence-electron chi connectivity index (χ0n) is 11.5. The molecule has 0 atom stereocenters. The Balaban J connectivity index is 2.25. The quantitative estimate of drug-likeness (QED) is 0.856. The topological polar surface area (TPSA) is 67.3 Å². The summed E-state index contributed by atoms with van der Waals surface area (Å²) in [5, 5.41) is 10.5. The van der Waals surface area contributed by atoms with Crippen molar-refractivity contribution in [2.75, 3.05) is 0 Å². The van der Waals surface area contributed by atoms with Crippen LogP contribution in [0.15, 0.2) is 36.5 Å². The monoisotopic (exact) mass is 303 g/mol. The minimum atomic E-state index is -0.347. The Morgan fingerprint density at radius 3 is 2.57 bits per heavy atom. The van der Waals surface area contributed by atoms with Crippen molar-refractivity contribution in [3.05, 3.63) is 47.2 Å². The summed E-state index contributed by atoms with van der Waals surface area (Å²) in [6.07, 6.45) is 1.70. The molecule has 0 saturated carbocycles. The van der Waals surface area contributed by atoms with E-state index in [1.54, 1.807) is 18.2 Å². The van der Waals surface area contributed by atoms with Crippen LogP contribution < -0.4 is 0 Å². The Bertz CT molecular complexity index is 698. The second-order valence-corrected chi connectivity index (χ2v) is 5.16. The predicted molar refractivity (Wildman–Crippen MR) is 80.6 cm³/mol. The Morgan fingerprint density at radius 2 is 1.95 bits per heavy atom. The van der Waals surface area contributed by atoms with Gasteiger partial charge in [-0.25, -0.2) is 4.98 Å². The molecular formula is C16H14ClNO3. The minimum absolute atomic E-state index is 0.0120. The summed E-state index contributed by atoms with van der Waals surface area (Å²) < 4.78 is 0. The number of hydrogen-bond donors (Lipinski definition) is 1. The van der Waals surface area contributed by atoms with Crippen LogP contribution in [0.5, 0.6) is 5.75 Å². The third kappa shape index (κ3) is 3.89. The number of carbonyl (C=O) groups is 2. The highest BCUT2D eigenvalue weighted by Crippen LogP contribution is 2.27. The molecule has 0 unspecified atom stereocenters. The summed E-state index contributed by atoms with van der Waals surface area (Å²) in [5.74, 6) is -0.611. The summed E-state index contributed by atoms with van der Waals surface area (Å²) >= 11 is 5.92. The summed E-state index contributed by atoms with van der Waals surface area (Å²) in [7, 11) is 0. The van der Waals surface area contributed by atoms with Gasteiger partial charge in [0.15, 0.2) is 5.78 Å². The van der Waals surface area contributed by atoms with Gasteiger partial charge in [0, 0.05) is 29.6 Å². The second kappa shape index (κ2) is 6.50. The first kappa shape index (κ1) is 15.2. The van der Waals surface area contributed by atoms with Crippen molar-refractivity contribution in [3.63, 3.8) is 0 Å². The number of pyridine rings is 1. The third-order valence-electron chi connectivity index (χ3n) is 2.99. The fourth-order valence-electron chi connectivity index (χ4n) is 1.90. The van der Waals surface area contributed by atoms with Crippen LogP contribution >= 0.6 is 11.6 Å². The summed E-state index contributed by atoms with van der Waals surface area (Å²) in [4.78, 5) is 26.8. The molecule has 0 aliphatic carbocycles. The lowest BCUT2D eigenvalue weighted by atomic mass is 10.0. The van der Waals surface area contributed by atoms with Gasteiger partial charge in [0.25, 0.3) is 0 Å². The number of Topliss-reactive ketones (excluding diaryl/α,β-unsaturated/α-hetero) is 2. The van der Waals surface area contributed by atoms with E-state index in [0.717, 1.165) is 5.56 Å². The molecular weight excluding hydrogens is 290 g/mol. The molecule has 1 heterocycles. The molecule has 4 nitrogen and oxygen atoms in total. The Hall–Kier alpha value is -2.20.